The molecule has 1 fully saturated rings. The van der Waals surface area contributed by atoms with Crippen molar-refractivity contribution in [3.05, 3.63) is 101 Å². The summed E-state index contributed by atoms with van der Waals surface area (Å²) in [6.07, 6.45) is 5.69. The Labute approximate surface area is 217 Å². The third-order valence-corrected chi connectivity index (χ3v) is 7.46. The van der Waals surface area contributed by atoms with Gasteiger partial charge in [0.1, 0.15) is 6.54 Å². The number of anilines is 1. The third kappa shape index (κ3) is 5.10. The molecule has 1 N–H and O–H groups in total. The van der Waals surface area contributed by atoms with Gasteiger partial charge >= 0.3 is 0 Å². The van der Waals surface area contributed by atoms with Crippen LogP contribution >= 0.6 is 23.5 Å². The molecule has 4 aromatic rings. The lowest BCUT2D eigenvalue weighted by Crippen LogP contribution is -2.36. The number of nitrogens with zero attached hydrogens (tertiary/aromatic N) is 2. The summed E-state index contributed by atoms with van der Waals surface area (Å²) >= 11 is 2.42. The molecule has 0 atom stereocenters. The number of carbonyl (C=O) groups excluding carboxylic acids is 3. The second kappa shape index (κ2) is 10.5. The van der Waals surface area contributed by atoms with E-state index in [9.17, 15) is 14.4 Å². The largest absolute Gasteiger partial charge is 0.342 e. The Morgan fingerprint density at radius 1 is 1.00 bits per heavy atom. The number of benzene rings is 3. The molecule has 1 aliphatic heterocycles. The van der Waals surface area contributed by atoms with Crippen molar-refractivity contribution < 1.29 is 14.4 Å². The zero-order valence-electron chi connectivity index (χ0n) is 19.5. The molecule has 3 amide bonds. The van der Waals surface area contributed by atoms with E-state index in [-0.39, 0.29) is 6.54 Å². The topological polar surface area (TPSA) is 71.4 Å². The van der Waals surface area contributed by atoms with Crippen LogP contribution in [0, 0.1) is 0 Å². The van der Waals surface area contributed by atoms with Gasteiger partial charge in [0.25, 0.3) is 11.1 Å². The van der Waals surface area contributed by atoms with E-state index in [1.807, 2.05) is 73.1 Å². The lowest BCUT2D eigenvalue weighted by atomic mass is 10.1. The van der Waals surface area contributed by atoms with Gasteiger partial charge in [0.15, 0.2) is 0 Å². The number of carbonyl (C=O) groups is 3. The fourth-order valence-corrected chi connectivity index (χ4v) is 5.41. The average Bonchev–Trinajstić information content (AvgIpc) is 3.36. The Bertz CT molecular complexity index is 1490. The maximum Gasteiger partial charge on any atom is 0.294 e. The van der Waals surface area contributed by atoms with Gasteiger partial charge in [0.2, 0.25) is 5.91 Å². The van der Waals surface area contributed by atoms with Crippen LogP contribution in [0.1, 0.15) is 11.1 Å². The molecule has 1 saturated heterocycles. The molecule has 36 heavy (non-hydrogen) atoms. The van der Waals surface area contributed by atoms with Crippen LogP contribution in [0.3, 0.4) is 0 Å². The number of aromatic nitrogens is 1. The van der Waals surface area contributed by atoms with Gasteiger partial charge in [-0.15, -0.1) is 11.8 Å². The van der Waals surface area contributed by atoms with Gasteiger partial charge in [-0.1, -0.05) is 54.6 Å². The van der Waals surface area contributed by atoms with Crippen molar-refractivity contribution in [3.63, 3.8) is 0 Å². The summed E-state index contributed by atoms with van der Waals surface area (Å²) in [4.78, 5) is 40.6. The number of rotatable bonds is 7. The van der Waals surface area contributed by atoms with Crippen LogP contribution in [0.15, 0.2) is 94.9 Å². The molecule has 1 aliphatic rings. The van der Waals surface area contributed by atoms with Gasteiger partial charge in [-0.25, -0.2) is 0 Å². The van der Waals surface area contributed by atoms with Crippen molar-refractivity contribution in [2.45, 2.75) is 11.4 Å². The number of hydrogen-bond acceptors (Lipinski definition) is 5. The van der Waals surface area contributed by atoms with Crippen molar-refractivity contribution >= 4 is 63.2 Å². The predicted molar refractivity (Wildman–Crippen MR) is 147 cm³/mol. The average molecular weight is 514 g/mol. The summed E-state index contributed by atoms with van der Waals surface area (Å²) in [6, 6.07) is 25.5. The summed E-state index contributed by atoms with van der Waals surface area (Å²) in [5, 5.41) is 3.31. The molecular formula is C28H23N3O3S2. The predicted octanol–water partition coefficient (Wildman–Crippen LogP) is 6.09. The number of para-hydroxylation sites is 1. The highest BCUT2D eigenvalue weighted by atomic mass is 32.2. The number of imide groups is 1. The zero-order chi connectivity index (χ0) is 25.1. The molecule has 0 radical (unpaired) electrons. The maximum atomic E-state index is 13.1. The smallest absolute Gasteiger partial charge is 0.294 e. The fourth-order valence-electron chi connectivity index (χ4n) is 4.12. The Morgan fingerprint density at radius 2 is 1.78 bits per heavy atom. The summed E-state index contributed by atoms with van der Waals surface area (Å²) < 4.78 is 2.14. The highest BCUT2D eigenvalue weighted by Gasteiger charge is 2.36. The fraction of sp³-hybridized carbons (Fsp3) is 0.107. The Morgan fingerprint density at radius 3 is 2.58 bits per heavy atom. The zero-order valence-corrected chi connectivity index (χ0v) is 21.1. The van der Waals surface area contributed by atoms with Gasteiger partial charge < -0.3 is 9.88 Å². The summed E-state index contributed by atoms with van der Waals surface area (Å²) in [5.74, 6) is -0.880. The van der Waals surface area contributed by atoms with Crippen molar-refractivity contribution in [1.82, 2.24) is 9.47 Å². The quantitative estimate of drug-likeness (QED) is 0.239. The minimum Gasteiger partial charge on any atom is -0.342 e. The molecular weight excluding hydrogens is 490 g/mol. The minimum atomic E-state index is -0.460. The lowest BCUT2D eigenvalue weighted by Gasteiger charge is -2.12. The number of amides is 3. The molecule has 6 nitrogen and oxygen atoms in total. The van der Waals surface area contributed by atoms with E-state index >= 15 is 0 Å². The highest BCUT2D eigenvalue weighted by Crippen LogP contribution is 2.34. The third-order valence-electron chi connectivity index (χ3n) is 5.83. The summed E-state index contributed by atoms with van der Waals surface area (Å²) in [5.41, 5.74) is 3.68. The summed E-state index contributed by atoms with van der Waals surface area (Å²) in [6.45, 7) is 0.357. The maximum absolute atomic E-state index is 13.1. The van der Waals surface area contributed by atoms with Crippen molar-refractivity contribution in [2.24, 2.45) is 0 Å². The van der Waals surface area contributed by atoms with Gasteiger partial charge in [-0.3, -0.25) is 19.3 Å². The van der Waals surface area contributed by atoms with Gasteiger partial charge in [0.05, 0.1) is 4.91 Å². The minimum absolute atomic E-state index is 0.305. The van der Waals surface area contributed by atoms with Crippen LogP contribution in [-0.2, 0) is 16.1 Å². The monoisotopic (exact) mass is 513 g/mol. The van der Waals surface area contributed by atoms with Crippen LogP contribution in [0.2, 0.25) is 0 Å². The molecule has 3 aromatic carbocycles. The van der Waals surface area contributed by atoms with E-state index in [1.54, 1.807) is 23.9 Å². The standard InChI is InChI=1S/C28H23N3O3S2/c1-35-22-11-7-10-21(15-22)29-26(32)18-31-27(33)25(36-28(31)34)14-20-17-30(16-19-8-3-2-4-9-19)24-13-6-5-12-23(20)24/h2-15,17H,16,18H2,1H3,(H,29,32)/b25-14-. The molecule has 180 valence electrons. The Hall–Kier alpha value is -3.75. The van der Waals surface area contributed by atoms with Gasteiger partial charge in [0, 0.05) is 39.8 Å². The first-order valence-corrected chi connectivity index (χ1v) is 13.4. The van der Waals surface area contributed by atoms with Gasteiger partial charge in [-0.05, 0) is 53.9 Å². The highest BCUT2D eigenvalue weighted by molar-refractivity contribution is 8.18. The SMILES string of the molecule is CSc1cccc(NC(=O)CN2C(=O)S/C(=C\c3cn(Cc4ccccc4)c4ccccc34)C2=O)c1. The first-order chi connectivity index (χ1) is 17.5. The second-order valence-corrected chi connectivity index (χ2v) is 10.1. The first kappa shape index (κ1) is 24.0. The molecule has 1 aromatic heterocycles. The second-order valence-electron chi connectivity index (χ2n) is 8.26. The van der Waals surface area contributed by atoms with Crippen molar-refractivity contribution in [1.29, 1.82) is 0 Å². The molecule has 0 aliphatic carbocycles. The van der Waals surface area contributed by atoms with Crippen molar-refractivity contribution in [3.8, 4) is 0 Å². The van der Waals surface area contributed by atoms with Crippen LogP contribution in [0.5, 0.6) is 0 Å². The van der Waals surface area contributed by atoms with Crippen LogP contribution < -0.4 is 5.32 Å². The number of fused-ring (bicyclic) bond motifs is 1. The molecule has 2 heterocycles. The molecule has 0 bridgehead atoms. The Kier molecular flexibility index (Phi) is 6.97. The van der Waals surface area contributed by atoms with Gasteiger partial charge in [-0.2, -0.15) is 0 Å². The van der Waals surface area contributed by atoms with E-state index in [0.29, 0.717) is 17.1 Å². The van der Waals surface area contributed by atoms with E-state index in [2.05, 4.69) is 22.0 Å². The van der Waals surface area contributed by atoms with Crippen LogP contribution in [0.4, 0.5) is 10.5 Å². The van der Waals surface area contributed by atoms with E-state index in [1.165, 1.54) is 5.56 Å². The summed E-state index contributed by atoms with van der Waals surface area (Å²) in [7, 11) is 0. The Balaban J connectivity index is 1.36. The first-order valence-electron chi connectivity index (χ1n) is 11.3. The number of thioether (sulfide) groups is 2. The normalized spacial score (nSPS) is 14.7. The van der Waals surface area contributed by atoms with E-state index in [4.69, 9.17) is 0 Å². The van der Waals surface area contributed by atoms with E-state index in [0.717, 1.165) is 38.0 Å². The molecule has 0 unspecified atom stereocenters. The lowest BCUT2D eigenvalue weighted by molar-refractivity contribution is -0.127. The van der Waals surface area contributed by atoms with E-state index < -0.39 is 17.1 Å². The molecule has 0 saturated carbocycles. The number of nitrogens with one attached hydrogen (secondary N) is 1. The van der Waals surface area contributed by atoms with Crippen LogP contribution in [-0.4, -0.2) is 39.3 Å². The molecule has 0 spiro atoms. The molecule has 8 heteroatoms. The van der Waals surface area contributed by atoms with Crippen LogP contribution in [0.25, 0.3) is 17.0 Å². The molecule has 5 rings (SSSR count). The van der Waals surface area contributed by atoms with Crippen molar-refractivity contribution in [2.75, 3.05) is 18.1 Å². The number of hydrogen-bond donors (Lipinski definition) is 1.